The van der Waals surface area contributed by atoms with Gasteiger partial charge in [0.1, 0.15) is 0 Å². The number of nitrogens with one attached hydrogen (secondary N) is 1. The van der Waals surface area contributed by atoms with Crippen LogP contribution in [-0.2, 0) is 18.4 Å². The monoisotopic (exact) mass is 213 g/mol. The molecule has 1 N–H and O–H groups in total. The summed E-state index contributed by atoms with van der Waals surface area (Å²) in [6.07, 6.45) is 4.30. The molecular weight excluding hydrogens is 198 g/mol. The Kier molecular flexibility index (Phi) is 4.52. The molecule has 78 valence electrons. The summed E-state index contributed by atoms with van der Waals surface area (Å²) < 4.78 is 1.76. The number of thioether (sulfide) groups is 1. The summed E-state index contributed by atoms with van der Waals surface area (Å²) in [6.45, 7) is 0.559. The van der Waals surface area contributed by atoms with Gasteiger partial charge in [-0.2, -0.15) is 16.9 Å². The molecule has 0 atom stereocenters. The second-order valence-electron chi connectivity index (χ2n) is 2.97. The van der Waals surface area contributed by atoms with Crippen molar-refractivity contribution in [1.82, 2.24) is 15.1 Å². The molecule has 0 bridgehead atoms. The molecule has 0 aliphatic carbocycles. The van der Waals surface area contributed by atoms with Crippen LogP contribution in [-0.4, -0.2) is 27.7 Å². The van der Waals surface area contributed by atoms with Gasteiger partial charge in [0, 0.05) is 25.4 Å². The Labute approximate surface area is 88.1 Å². The van der Waals surface area contributed by atoms with Crippen LogP contribution in [0.4, 0.5) is 0 Å². The van der Waals surface area contributed by atoms with E-state index < -0.39 is 0 Å². The van der Waals surface area contributed by atoms with E-state index in [1.54, 1.807) is 22.6 Å². The molecule has 5 heteroatoms. The lowest BCUT2D eigenvalue weighted by molar-refractivity contribution is -0.120. The molecule has 0 fully saturated rings. The van der Waals surface area contributed by atoms with Gasteiger partial charge in [0.25, 0.3) is 0 Å². The predicted octanol–water partition coefficient (Wildman–Crippen LogP) is 0.789. The van der Waals surface area contributed by atoms with E-state index in [0.717, 1.165) is 11.4 Å². The summed E-state index contributed by atoms with van der Waals surface area (Å²) in [4.78, 5) is 11.3. The summed E-state index contributed by atoms with van der Waals surface area (Å²) in [5.74, 6) is 0.970. The number of amides is 1. The van der Waals surface area contributed by atoms with E-state index >= 15 is 0 Å². The zero-order valence-corrected chi connectivity index (χ0v) is 9.30. The van der Waals surface area contributed by atoms with Gasteiger partial charge < -0.3 is 5.32 Å². The largest absolute Gasteiger partial charge is 0.350 e. The van der Waals surface area contributed by atoms with Crippen molar-refractivity contribution < 1.29 is 4.79 Å². The van der Waals surface area contributed by atoms with Crippen LogP contribution in [0, 0.1) is 0 Å². The van der Waals surface area contributed by atoms with E-state index in [-0.39, 0.29) is 5.91 Å². The second-order valence-corrected chi connectivity index (χ2v) is 3.95. The van der Waals surface area contributed by atoms with E-state index in [4.69, 9.17) is 0 Å². The van der Waals surface area contributed by atoms with Gasteiger partial charge in [0.05, 0.1) is 12.2 Å². The molecule has 0 radical (unpaired) electrons. The molecule has 0 aromatic carbocycles. The maximum absolute atomic E-state index is 11.3. The van der Waals surface area contributed by atoms with Crippen LogP contribution in [0.25, 0.3) is 0 Å². The Balaban J connectivity index is 2.27. The molecular formula is C9H15N3OS. The van der Waals surface area contributed by atoms with Gasteiger partial charge >= 0.3 is 0 Å². The Bertz CT molecular complexity index is 298. The minimum Gasteiger partial charge on any atom is -0.350 e. The van der Waals surface area contributed by atoms with Gasteiger partial charge in [-0.3, -0.25) is 9.48 Å². The van der Waals surface area contributed by atoms with Crippen LogP contribution in [0.1, 0.15) is 12.1 Å². The molecule has 1 aromatic rings. The molecule has 1 rings (SSSR count). The smallest absolute Gasteiger partial charge is 0.221 e. The number of hydrogen-bond acceptors (Lipinski definition) is 3. The lowest BCUT2D eigenvalue weighted by Gasteiger charge is -2.04. The first-order valence-electron chi connectivity index (χ1n) is 4.46. The molecule has 0 aliphatic heterocycles. The highest BCUT2D eigenvalue weighted by atomic mass is 32.2. The maximum atomic E-state index is 11.3. The minimum absolute atomic E-state index is 0.0977. The second kappa shape index (κ2) is 5.70. The van der Waals surface area contributed by atoms with Crippen LogP contribution >= 0.6 is 11.8 Å². The molecule has 0 saturated carbocycles. The summed E-state index contributed by atoms with van der Waals surface area (Å²) >= 11 is 1.68. The van der Waals surface area contributed by atoms with Crippen molar-refractivity contribution in [3.8, 4) is 0 Å². The van der Waals surface area contributed by atoms with Gasteiger partial charge in [0.2, 0.25) is 5.91 Å². The summed E-state index contributed by atoms with van der Waals surface area (Å²) in [7, 11) is 1.86. The molecule has 0 spiro atoms. The van der Waals surface area contributed by atoms with Crippen molar-refractivity contribution in [2.75, 3.05) is 12.0 Å². The Hall–Kier alpha value is -0.970. The number of aromatic nitrogens is 2. The molecule has 1 amide bonds. The normalized spacial score (nSPS) is 10.1. The third-order valence-corrected chi connectivity index (χ3v) is 2.53. The van der Waals surface area contributed by atoms with Crippen molar-refractivity contribution >= 4 is 17.7 Å². The average molecular weight is 213 g/mol. The van der Waals surface area contributed by atoms with E-state index in [1.165, 1.54) is 0 Å². The summed E-state index contributed by atoms with van der Waals surface area (Å²) in [5, 5.41) is 6.87. The Morgan fingerprint density at radius 3 is 3.07 bits per heavy atom. The molecule has 4 nitrogen and oxygen atoms in total. The van der Waals surface area contributed by atoms with Crippen LogP contribution in [0.3, 0.4) is 0 Å². The highest BCUT2D eigenvalue weighted by molar-refractivity contribution is 7.98. The molecule has 14 heavy (non-hydrogen) atoms. The topological polar surface area (TPSA) is 46.9 Å². The first kappa shape index (κ1) is 11.1. The van der Waals surface area contributed by atoms with Gasteiger partial charge in [-0.05, 0) is 12.3 Å². The number of nitrogens with zero attached hydrogens (tertiary/aromatic N) is 2. The summed E-state index contributed by atoms with van der Waals surface area (Å²) in [5.41, 5.74) is 1.02. The molecule has 0 saturated heterocycles. The van der Waals surface area contributed by atoms with E-state index in [9.17, 15) is 4.79 Å². The molecule has 0 unspecified atom stereocenters. The highest BCUT2D eigenvalue weighted by Crippen LogP contribution is 1.97. The van der Waals surface area contributed by atoms with Crippen LogP contribution < -0.4 is 5.32 Å². The van der Waals surface area contributed by atoms with E-state index in [0.29, 0.717) is 13.0 Å². The van der Waals surface area contributed by atoms with Crippen LogP contribution in [0.2, 0.25) is 0 Å². The number of carbonyl (C=O) groups is 1. The first-order chi connectivity index (χ1) is 6.74. The lowest BCUT2D eigenvalue weighted by atomic mass is 10.4. The van der Waals surface area contributed by atoms with Crippen molar-refractivity contribution in [3.63, 3.8) is 0 Å². The highest BCUT2D eigenvalue weighted by Gasteiger charge is 2.02. The minimum atomic E-state index is 0.0977. The zero-order chi connectivity index (χ0) is 10.4. The fourth-order valence-electron chi connectivity index (χ4n) is 1.05. The molecule has 1 aromatic heterocycles. The third kappa shape index (κ3) is 3.41. The van der Waals surface area contributed by atoms with Crippen molar-refractivity contribution in [2.24, 2.45) is 7.05 Å². The standard InChI is InChI=1S/C9H15N3OS/c1-12-8(3-5-11-12)7-10-9(13)4-6-14-2/h3,5H,4,6-7H2,1-2H3,(H,10,13). The quantitative estimate of drug-likeness (QED) is 0.786. The zero-order valence-electron chi connectivity index (χ0n) is 8.49. The number of carbonyl (C=O) groups excluding carboxylic acids is 1. The third-order valence-electron chi connectivity index (χ3n) is 1.92. The SMILES string of the molecule is CSCCC(=O)NCc1ccnn1C. The van der Waals surface area contributed by atoms with Gasteiger partial charge in [-0.25, -0.2) is 0 Å². The van der Waals surface area contributed by atoms with E-state index in [2.05, 4.69) is 10.4 Å². The van der Waals surface area contributed by atoms with E-state index in [1.807, 2.05) is 19.4 Å². The van der Waals surface area contributed by atoms with Crippen molar-refractivity contribution in [2.45, 2.75) is 13.0 Å². The maximum Gasteiger partial charge on any atom is 0.221 e. The fourth-order valence-corrected chi connectivity index (χ4v) is 1.44. The predicted molar refractivity (Wildman–Crippen MR) is 58.1 cm³/mol. The summed E-state index contributed by atoms with van der Waals surface area (Å²) in [6, 6.07) is 1.90. The van der Waals surface area contributed by atoms with Crippen LogP contribution in [0.15, 0.2) is 12.3 Å². The van der Waals surface area contributed by atoms with Gasteiger partial charge in [-0.15, -0.1) is 0 Å². The van der Waals surface area contributed by atoms with Crippen molar-refractivity contribution in [1.29, 1.82) is 0 Å². The van der Waals surface area contributed by atoms with Gasteiger partial charge in [-0.1, -0.05) is 0 Å². The fraction of sp³-hybridized carbons (Fsp3) is 0.556. The average Bonchev–Trinajstić information content (AvgIpc) is 2.58. The number of rotatable bonds is 5. The van der Waals surface area contributed by atoms with Crippen LogP contribution in [0.5, 0.6) is 0 Å². The number of hydrogen-bond donors (Lipinski definition) is 1. The number of aryl methyl sites for hydroxylation is 1. The molecule has 0 aliphatic rings. The Morgan fingerprint density at radius 1 is 1.71 bits per heavy atom. The van der Waals surface area contributed by atoms with Gasteiger partial charge in [0.15, 0.2) is 0 Å². The lowest BCUT2D eigenvalue weighted by Crippen LogP contribution is -2.24. The molecule has 1 heterocycles. The Morgan fingerprint density at radius 2 is 2.50 bits per heavy atom. The van der Waals surface area contributed by atoms with Crippen molar-refractivity contribution in [3.05, 3.63) is 18.0 Å². The first-order valence-corrected chi connectivity index (χ1v) is 5.86.